The second-order valence-corrected chi connectivity index (χ2v) is 2.96. The minimum Gasteiger partial charge on any atom is -0.326 e. The predicted octanol–water partition coefficient (Wildman–Crippen LogP) is 2.55. The molecule has 1 nitrogen and oxygen atoms in total. The van der Waals surface area contributed by atoms with Crippen LogP contribution in [0.1, 0.15) is 11.1 Å². The number of nitrogens with two attached hydrogens (primary N) is 1. The minimum absolute atomic E-state index is 0.619. The van der Waals surface area contributed by atoms with Gasteiger partial charge in [-0.25, -0.2) is 0 Å². The van der Waals surface area contributed by atoms with Crippen molar-refractivity contribution in [2.75, 3.05) is 0 Å². The summed E-state index contributed by atoms with van der Waals surface area (Å²) >= 11 is 2.20. The zero-order valence-corrected chi connectivity index (χ0v) is 8.28. The highest BCUT2D eigenvalue weighted by Crippen LogP contribution is 2.06. The predicted molar refractivity (Wildman–Crippen MR) is 57.4 cm³/mol. The molecule has 2 heteroatoms. The van der Waals surface area contributed by atoms with E-state index in [9.17, 15) is 0 Å². The van der Waals surface area contributed by atoms with Crippen molar-refractivity contribution in [3.8, 4) is 0 Å². The van der Waals surface area contributed by atoms with Crippen molar-refractivity contribution < 1.29 is 0 Å². The topological polar surface area (TPSA) is 26.0 Å². The maximum atomic E-state index is 5.45. The van der Waals surface area contributed by atoms with E-state index < -0.39 is 0 Å². The number of rotatable bonds is 2. The van der Waals surface area contributed by atoms with Crippen LogP contribution in [0.2, 0.25) is 0 Å². The molecule has 1 aromatic carbocycles. The zero-order valence-electron chi connectivity index (χ0n) is 6.13. The average molecular weight is 259 g/mol. The van der Waals surface area contributed by atoms with Crippen LogP contribution in [-0.4, -0.2) is 0 Å². The van der Waals surface area contributed by atoms with Crippen LogP contribution in [0, 0.1) is 0 Å². The largest absolute Gasteiger partial charge is 0.326 e. The lowest BCUT2D eigenvalue weighted by atomic mass is 10.1. The van der Waals surface area contributed by atoms with E-state index in [4.69, 9.17) is 5.73 Å². The molecule has 0 unspecified atom stereocenters. The Morgan fingerprint density at radius 2 is 1.91 bits per heavy atom. The minimum atomic E-state index is 0.619. The van der Waals surface area contributed by atoms with Gasteiger partial charge in [0.1, 0.15) is 0 Å². The van der Waals surface area contributed by atoms with Crippen LogP contribution in [0.5, 0.6) is 0 Å². The first-order chi connectivity index (χ1) is 5.36. The van der Waals surface area contributed by atoms with Crippen molar-refractivity contribution in [1.82, 2.24) is 0 Å². The Balaban J connectivity index is 2.82. The summed E-state index contributed by atoms with van der Waals surface area (Å²) in [5.41, 5.74) is 7.85. The Morgan fingerprint density at radius 1 is 1.27 bits per heavy atom. The van der Waals surface area contributed by atoms with Crippen LogP contribution in [0.3, 0.4) is 0 Å². The summed E-state index contributed by atoms with van der Waals surface area (Å²) in [5, 5.41) is 0. The van der Waals surface area contributed by atoms with E-state index in [1.54, 1.807) is 0 Å². The van der Waals surface area contributed by atoms with Gasteiger partial charge in [0.2, 0.25) is 0 Å². The van der Waals surface area contributed by atoms with E-state index in [0.717, 1.165) is 0 Å². The van der Waals surface area contributed by atoms with Crippen LogP contribution < -0.4 is 5.73 Å². The van der Waals surface area contributed by atoms with E-state index in [0.29, 0.717) is 6.54 Å². The molecule has 0 saturated heterocycles. The smallest absolute Gasteiger partial charge is 0.0178 e. The van der Waals surface area contributed by atoms with Gasteiger partial charge >= 0.3 is 0 Å². The van der Waals surface area contributed by atoms with Crippen molar-refractivity contribution in [3.63, 3.8) is 0 Å². The van der Waals surface area contributed by atoms with Crippen molar-refractivity contribution in [2.45, 2.75) is 6.54 Å². The van der Waals surface area contributed by atoms with Crippen molar-refractivity contribution in [1.29, 1.82) is 0 Å². The van der Waals surface area contributed by atoms with Gasteiger partial charge in [-0.15, -0.1) is 0 Å². The summed E-state index contributed by atoms with van der Waals surface area (Å²) in [5.74, 6) is 0. The fourth-order valence-corrected chi connectivity index (χ4v) is 1.25. The first kappa shape index (κ1) is 8.74. The second-order valence-electron chi connectivity index (χ2n) is 2.24. The van der Waals surface area contributed by atoms with Crippen LogP contribution in [0.4, 0.5) is 0 Å². The SMILES string of the molecule is NCc1ccc(C=CI)cc1. The highest BCUT2D eigenvalue weighted by molar-refractivity contribution is 14.1. The lowest BCUT2D eigenvalue weighted by Gasteiger charge is -1.95. The standard InChI is InChI=1S/C9H10IN/c10-6-5-8-1-3-9(7-11)4-2-8/h1-6H,7,11H2. The summed E-state index contributed by atoms with van der Waals surface area (Å²) in [6, 6.07) is 8.23. The van der Waals surface area contributed by atoms with E-state index in [2.05, 4.69) is 40.8 Å². The summed E-state index contributed by atoms with van der Waals surface area (Å²) in [6.45, 7) is 0.619. The van der Waals surface area contributed by atoms with Crippen molar-refractivity contribution in [3.05, 3.63) is 39.5 Å². The molecule has 0 saturated carbocycles. The molecule has 0 bridgehead atoms. The molecule has 58 valence electrons. The van der Waals surface area contributed by atoms with Crippen LogP contribution in [0.15, 0.2) is 28.3 Å². The number of hydrogen-bond donors (Lipinski definition) is 1. The molecular weight excluding hydrogens is 249 g/mol. The molecule has 2 N–H and O–H groups in total. The third-order valence-electron chi connectivity index (χ3n) is 1.47. The van der Waals surface area contributed by atoms with Gasteiger partial charge in [-0.05, 0) is 21.3 Å². The molecule has 0 amide bonds. The number of halogens is 1. The van der Waals surface area contributed by atoms with E-state index in [1.807, 2.05) is 16.2 Å². The van der Waals surface area contributed by atoms with E-state index >= 15 is 0 Å². The van der Waals surface area contributed by atoms with Gasteiger partial charge in [-0.3, -0.25) is 0 Å². The molecule has 11 heavy (non-hydrogen) atoms. The number of benzene rings is 1. The Kier molecular flexibility index (Phi) is 3.59. The quantitative estimate of drug-likeness (QED) is 0.811. The summed E-state index contributed by atoms with van der Waals surface area (Å²) < 4.78 is 2.00. The fourth-order valence-electron chi connectivity index (χ4n) is 0.838. The van der Waals surface area contributed by atoms with Gasteiger partial charge in [0.25, 0.3) is 0 Å². The molecule has 1 rings (SSSR count). The van der Waals surface area contributed by atoms with Crippen molar-refractivity contribution in [2.24, 2.45) is 5.73 Å². The maximum absolute atomic E-state index is 5.45. The maximum Gasteiger partial charge on any atom is 0.0178 e. The Bertz CT molecular complexity index is 238. The van der Waals surface area contributed by atoms with Crippen molar-refractivity contribution >= 4 is 28.7 Å². The van der Waals surface area contributed by atoms with Crippen LogP contribution in [0.25, 0.3) is 6.08 Å². The van der Waals surface area contributed by atoms with Gasteiger partial charge in [0, 0.05) is 6.54 Å². The molecule has 0 radical (unpaired) electrons. The first-order valence-electron chi connectivity index (χ1n) is 3.42. The molecule has 0 aliphatic rings. The van der Waals surface area contributed by atoms with Gasteiger partial charge < -0.3 is 5.73 Å². The fraction of sp³-hybridized carbons (Fsp3) is 0.111. The molecule has 0 heterocycles. The monoisotopic (exact) mass is 259 g/mol. The highest BCUT2D eigenvalue weighted by Gasteiger charge is 1.87. The first-order valence-corrected chi connectivity index (χ1v) is 4.67. The van der Waals surface area contributed by atoms with Gasteiger partial charge in [-0.1, -0.05) is 46.9 Å². The Labute approximate surface area is 80.4 Å². The molecule has 0 aliphatic heterocycles. The molecule has 0 fully saturated rings. The molecule has 0 aliphatic carbocycles. The average Bonchev–Trinajstić information content (AvgIpc) is 2.07. The lowest BCUT2D eigenvalue weighted by Crippen LogP contribution is -1.94. The van der Waals surface area contributed by atoms with E-state index in [-0.39, 0.29) is 0 Å². The normalized spacial score (nSPS) is 10.7. The molecule has 0 aromatic heterocycles. The van der Waals surface area contributed by atoms with Gasteiger partial charge in [0.15, 0.2) is 0 Å². The van der Waals surface area contributed by atoms with Gasteiger partial charge in [-0.2, -0.15) is 0 Å². The van der Waals surface area contributed by atoms with Crippen LogP contribution >= 0.6 is 22.6 Å². The van der Waals surface area contributed by atoms with E-state index in [1.165, 1.54) is 11.1 Å². The summed E-state index contributed by atoms with van der Waals surface area (Å²) in [4.78, 5) is 0. The Hall–Kier alpha value is -0.350. The molecular formula is C9H10IN. The highest BCUT2D eigenvalue weighted by atomic mass is 127. The van der Waals surface area contributed by atoms with Crippen LogP contribution in [-0.2, 0) is 6.54 Å². The zero-order chi connectivity index (χ0) is 8.10. The Morgan fingerprint density at radius 3 is 2.36 bits per heavy atom. The third-order valence-corrected chi connectivity index (χ3v) is 1.83. The molecule has 0 spiro atoms. The molecule has 1 aromatic rings. The molecule has 0 atom stereocenters. The summed E-state index contributed by atoms with van der Waals surface area (Å²) in [6.07, 6.45) is 2.06. The van der Waals surface area contributed by atoms with Gasteiger partial charge in [0.05, 0.1) is 0 Å². The second kappa shape index (κ2) is 4.51. The lowest BCUT2D eigenvalue weighted by molar-refractivity contribution is 1.07. The summed E-state index contributed by atoms with van der Waals surface area (Å²) in [7, 11) is 0. The number of hydrogen-bond acceptors (Lipinski definition) is 1. The third kappa shape index (κ3) is 2.63.